The Bertz CT molecular complexity index is 1090. The SMILES string of the molecule is CC(C)Cn1cc(C#N)c2cc(Sc3ccc(NC(=O)[C@@H]4CCCN4)cc3)ccc21. The zero-order valence-electron chi connectivity index (χ0n) is 17.3. The van der Waals surface area contributed by atoms with Crippen LogP contribution in [0.15, 0.2) is 58.5 Å². The largest absolute Gasteiger partial charge is 0.346 e. The van der Waals surface area contributed by atoms with E-state index in [1.807, 2.05) is 30.5 Å². The standard InChI is InChI=1S/C24H26N4OS/c1-16(2)14-28-15-17(13-25)21-12-20(9-10-23(21)28)30-19-7-5-18(6-8-19)27-24(29)22-4-3-11-26-22/h5-10,12,15-16,22,26H,3-4,11,14H2,1-2H3,(H,27,29)/t22-/m0/s1. The van der Waals surface area contributed by atoms with E-state index in [9.17, 15) is 10.1 Å². The molecule has 2 N–H and O–H groups in total. The molecule has 6 heteroatoms. The summed E-state index contributed by atoms with van der Waals surface area (Å²) in [5.74, 6) is 0.554. The van der Waals surface area contributed by atoms with Crippen LogP contribution in [0.3, 0.4) is 0 Å². The number of benzene rings is 2. The van der Waals surface area contributed by atoms with Crippen molar-refractivity contribution in [2.45, 2.75) is 49.1 Å². The monoisotopic (exact) mass is 418 g/mol. The predicted molar refractivity (Wildman–Crippen MR) is 122 cm³/mol. The number of hydrogen-bond donors (Lipinski definition) is 2. The average molecular weight is 419 g/mol. The molecule has 1 aliphatic rings. The van der Waals surface area contributed by atoms with Gasteiger partial charge >= 0.3 is 0 Å². The summed E-state index contributed by atoms with van der Waals surface area (Å²) in [5, 5.41) is 16.7. The minimum Gasteiger partial charge on any atom is -0.346 e. The Morgan fingerprint density at radius 1 is 1.27 bits per heavy atom. The molecule has 30 heavy (non-hydrogen) atoms. The summed E-state index contributed by atoms with van der Waals surface area (Å²) >= 11 is 1.65. The number of carbonyl (C=O) groups excluding carboxylic acids is 1. The van der Waals surface area contributed by atoms with Crippen LogP contribution in [-0.2, 0) is 11.3 Å². The summed E-state index contributed by atoms with van der Waals surface area (Å²) < 4.78 is 2.17. The Morgan fingerprint density at radius 2 is 2.03 bits per heavy atom. The zero-order valence-corrected chi connectivity index (χ0v) is 18.1. The van der Waals surface area contributed by atoms with Crippen LogP contribution < -0.4 is 10.6 Å². The van der Waals surface area contributed by atoms with E-state index in [2.05, 4.69) is 53.3 Å². The second-order valence-corrected chi connectivity index (χ2v) is 9.29. The molecule has 1 atom stereocenters. The van der Waals surface area contributed by atoms with Crippen molar-refractivity contribution < 1.29 is 4.79 Å². The maximum atomic E-state index is 12.2. The topological polar surface area (TPSA) is 69.8 Å². The molecule has 1 aromatic heterocycles. The van der Waals surface area contributed by atoms with Crippen molar-refractivity contribution in [2.24, 2.45) is 5.92 Å². The molecular weight excluding hydrogens is 392 g/mol. The van der Waals surface area contributed by atoms with Gasteiger partial charge in [-0.1, -0.05) is 25.6 Å². The van der Waals surface area contributed by atoms with Crippen molar-refractivity contribution in [1.82, 2.24) is 9.88 Å². The average Bonchev–Trinajstić information content (AvgIpc) is 3.38. The van der Waals surface area contributed by atoms with Gasteiger partial charge < -0.3 is 15.2 Å². The van der Waals surface area contributed by atoms with Crippen molar-refractivity contribution in [3.8, 4) is 6.07 Å². The van der Waals surface area contributed by atoms with Crippen molar-refractivity contribution >= 4 is 34.3 Å². The van der Waals surface area contributed by atoms with Crippen LogP contribution in [0.2, 0.25) is 0 Å². The number of amides is 1. The van der Waals surface area contributed by atoms with Crippen LogP contribution in [0.5, 0.6) is 0 Å². The molecule has 1 saturated heterocycles. The number of fused-ring (bicyclic) bond motifs is 1. The molecule has 0 radical (unpaired) electrons. The van der Waals surface area contributed by atoms with Crippen LogP contribution in [0, 0.1) is 17.2 Å². The third kappa shape index (κ3) is 4.53. The lowest BCUT2D eigenvalue weighted by atomic mass is 10.2. The highest BCUT2D eigenvalue weighted by Crippen LogP contribution is 2.32. The van der Waals surface area contributed by atoms with Crippen LogP contribution in [-0.4, -0.2) is 23.1 Å². The lowest BCUT2D eigenvalue weighted by Gasteiger charge is -2.11. The van der Waals surface area contributed by atoms with Gasteiger partial charge in [-0.15, -0.1) is 0 Å². The smallest absolute Gasteiger partial charge is 0.241 e. The first kappa shape index (κ1) is 20.5. The first-order valence-electron chi connectivity index (χ1n) is 10.4. The molecule has 2 aromatic carbocycles. The molecule has 0 saturated carbocycles. The molecule has 2 heterocycles. The second-order valence-electron chi connectivity index (χ2n) is 8.14. The number of hydrogen-bond acceptors (Lipinski definition) is 4. The highest BCUT2D eigenvalue weighted by molar-refractivity contribution is 7.99. The fraction of sp³-hybridized carbons (Fsp3) is 0.333. The molecule has 1 aliphatic heterocycles. The van der Waals surface area contributed by atoms with Crippen LogP contribution in [0.1, 0.15) is 32.3 Å². The van der Waals surface area contributed by atoms with E-state index in [0.717, 1.165) is 52.3 Å². The summed E-state index contributed by atoms with van der Waals surface area (Å²) in [4.78, 5) is 14.4. The quantitative estimate of drug-likeness (QED) is 0.590. The molecule has 0 bridgehead atoms. The molecule has 154 valence electrons. The van der Waals surface area contributed by atoms with Gasteiger partial charge in [-0.05, 0) is 67.8 Å². The highest BCUT2D eigenvalue weighted by atomic mass is 32.2. The first-order chi connectivity index (χ1) is 14.5. The Labute approximate surface area is 181 Å². The van der Waals surface area contributed by atoms with Gasteiger partial charge in [0.05, 0.1) is 11.6 Å². The van der Waals surface area contributed by atoms with E-state index in [0.29, 0.717) is 11.5 Å². The fourth-order valence-electron chi connectivity index (χ4n) is 3.85. The summed E-state index contributed by atoms with van der Waals surface area (Å²) in [5.41, 5.74) is 2.63. The van der Waals surface area contributed by atoms with Crippen molar-refractivity contribution in [2.75, 3.05) is 11.9 Å². The second kappa shape index (κ2) is 8.95. The minimum atomic E-state index is -0.0805. The van der Waals surface area contributed by atoms with E-state index in [4.69, 9.17) is 0 Å². The predicted octanol–water partition coefficient (Wildman–Crippen LogP) is 5.01. The first-order valence-corrected chi connectivity index (χ1v) is 11.2. The van der Waals surface area contributed by atoms with Crippen LogP contribution in [0.4, 0.5) is 5.69 Å². The van der Waals surface area contributed by atoms with Crippen molar-refractivity contribution in [3.63, 3.8) is 0 Å². The van der Waals surface area contributed by atoms with Crippen LogP contribution >= 0.6 is 11.8 Å². The van der Waals surface area contributed by atoms with Crippen LogP contribution in [0.25, 0.3) is 10.9 Å². The molecule has 5 nitrogen and oxygen atoms in total. The molecule has 1 fully saturated rings. The number of anilines is 1. The molecule has 3 aromatic rings. The third-order valence-corrected chi connectivity index (χ3v) is 6.27. The zero-order chi connectivity index (χ0) is 21.1. The number of nitrogens with zero attached hydrogens (tertiary/aromatic N) is 2. The third-order valence-electron chi connectivity index (χ3n) is 5.27. The van der Waals surface area contributed by atoms with Gasteiger partial charge in [-0.3, -0.25) is 4.79 Å². The minimum absolute atomic E-state index is 0.0355. The Balaban J connectivity index is 1.48. The molecule has 0 aliphatic carbocycles. The molecule has 1 amide bonds. The summed E-state index contributed by atoms with van der Waals surface area (Å²) in [6.07, 6.45) is 3.90. The number of aromatic nitrogens is 1. The number of nitrogens with one attached hydrogen (secondary N) is 2. The Hall–Kier alpha value is -2.75. The number of rotatable bonds is 6. The van der Waals surface area contributed by atoms with E-state index in [-0.39, 0.29) is 11.9 Å². The molecule has 0 spiro atoms. The van der Waals surface area contributed by atoms with Gasteiger partial charge in [0.1, 0.15) is 6.07 Å². The van der Waals surface area contributed by atoms with E-state index >= 15 is 0 Å². The fourth-order valence-corrected chi connectivity index (χ4v) is 4.71. The summed E-state index contributed by atoms with van der Waals surface area (Å²) in [7, 11) is 0. The summed E-state index contributed by atoms with van der Waals surface area (Å²) in [6.45, 7) is 6.16. The van der Waals surface area contributed by atoms with Gasteiger partial charge in [0.2, 0.25) is 5.91 Å². The van der Waals surface area contributed by atoms with Gasteiger partial charge in [-0.25, -0.2) is 0 Å². The normalized spacial score (nSPS) is 16.1. The maximum Gasteiger partial charge on any atom is 0.241 e. The lowest BCUT2D eigenvalue weighted by molar-refractivity contribution is -0.117. The maximum absolute atomic E-state index is 12.2. The van der Waals surface area contributed by atoms with E-state index < -0.39 is 0 Å². The lowest BCUT2D eigenvalue weighted by Crippen LogP contribution is -2.35. The molecule has 0 unspecified atom stereocenters. The Kier molecular flexibility index (Phi) is 6.12. The molecule has 4 rings (SSSR count). The number of nitriles is 1. The highest BCUT2D eigenvalue weighted by Gasteiger charge is 2.21. The number of carbonyl (C=O) groups is 1. The van der Waals surface area contributed by atoms with E-state index in [1.54, 1.807) is 11.8 Å². The van der Waals surface area contributed by atoms with Gasteiger partial charge in [0.15, 0.2) is 0 Å². The van der Waals surface area contributed by atoms with E-state index in [1.165, 1.54) is 0 Å². The molecular formula is C24H26N4OS. The van der Waals surface area contributed by atoms with Gasteiger partial charge in [0.25, 0.3) is 0 Å². The Morgan fingerprint density at radius 3 is 2.70 bits per heavy atom. The van der Waals surface area contributed by atoms with Gasteiger partial charge in [-0.2, -0.15) is 5.26 Å². The van der Waals surface area contributed by atoms with Crippen molar-refractivity contribution in [3.05, 3.63) is 54.2 Å². The van der Waals surface area contributed by atoms with Crippen molar-refractivity contribution in [1.29, 1.82) is 5.26 Å². The summed E-state index contributed by atoms with van der Waals surface area (Å²) in [6, 6.07) is 16.5. The van der Waals surface area contributed by atoms with Gasteiger partial charge in [0, 0.05) is 39.1 Å².